The van der Waals surface area contributed by atoms with Gasteiger partial charge in [-0.2, -0.15) is 4.98 Å². The van der Waals surface area contributed by atoms with Crippen LogP contribution in [0.1, 0.15) is 34.9 Å². The Morgan fingerprint density at radius 3 is 2.71 bits per heavy atom. The molecule has 0 aliphatic carbocycles. The largest absolute Gasteiger partial charge is 0.573 e. The van der Waals surface area contributed by atoms with Gasteiger partial charge in [0.05, 0.1) is 12.7 Å². The van der Waals surface area contributed by atoms with Crippen molar-refractivity contribution >= 4 is 5.91 Å². The minimum atomic E-state index is -4.76. The number of ether oxygens (including phenoxy) is 2. The molecule has 1 fully saturated rings. The summed E-state index contributed by atoms with van der Waals surface area (Å²) >= 11 is 0. The highest BCUT2D eigenvalue weighted by Crippen LogP contribution is 2.24. The van der Waals surface area contributed by atoms with Crippen molar-refractivity contribution in [1.82, 2.24) is 15.0 Å². The van der Waals surface area contributed by atoms with E-state index in [-0.39, 0.29) is 17.8 Å². The van der Waals surface area contributed by atoms with Crippen molar-refractivity contribution in [3.8, 4) is 5.75 Å². The first-order valence-corrected chi connectivity index (χ1v) is 8.86. The van der Waals surface area contributed by atoms with Crippen LogP contribution in [-0.4, -0.2) is 53.1 Å². The molecular formula is C18H20F3N3O4. The molecule has 3 rings (SSSR count). The lowest BCUT2D eigenvalue weighted by Gasteiger charge is -2.32. The Balaban J connectivity index is 1.50. The minimum Gasteiger partial charge on any atom is -0.406 e. The van der Waals surface area contributed by atoms with E-state index < -0.39 is 6.36 Å². The normalized spacial score (nSPS) is 17.6. The Morgan fingerprint density at radius 2 is 2.07 bits per heavy atom. The fraction of sp³-hybridized carbons (Fsp3) is 0.500. The van der Waals surface area contributed by atoms with E-state index in [1.807, 2.05) is 0 Å². The second-order valence-corrected chi connectivity index (χ2v) is 6.44. The number of halogens is 3. The summed E-state index contributed by atoms with van der Waals surface area (Å²) < 4.78 is 51.2. The van der Waals surface area contributed by atoms with Crippen molar-refractivity contribution in [2.24, 2.45) is 0 Å². The summed E-state index contributed by atoms with van der Waals surface area (Å²) in [4.78, 5) is 18.4. The van der Waals surface area contributed by atoms with Crippen LogP contribution in [0.25, 0.3) is 0 Å². The van der Waals surface area contributed by atoms with Crippen molar-refractivity contribution in [2.45, 2.75) is 38.7 Å². The number of hydrogen-bond acceptors (Lipinski definition) is 6. The number of piperidine rings is 1. The van der Waals surface area contributed by atoms with Crippen LogP contribution in [0, 0.1) is 6.92 Å². The summed E-state index contributed by atoms with van der Waals surface area (Å²) in [6.45, 7) is 3.12. The number of amides is 1. The monoisotopic (exact) mass is 399 g/mol. The number of hydrogen-bond donors (Lipinski definition) is 0. The highest BCUT2D eigenvalue weighted by atomic mass is 19.4. The second-order valence-electron chi connectivity index (χ2n) is 6.44. The van der Waals surface area contributed by atoms with Gasteiger partial charge in [-0.15, -0.1) is 13.2 Å². The molecule has 0 N–H and O–H groups in total. The van der Waals surface area contributed by atoms with Gasteiger partial charge >= 0.3 is 6.36 Å². The smallest absolute Gasteiger partial charge is 0.406 e. The van der Waals surface area contributed by atoms with Gasteiger partial charge in [-0.25, -0.2) is 0 Å². The number of aryl methyl sites for hydroxylation is 1. The lowest BCUT2D eigenvalue weighted by Crippen LogP contribution is -2.43. The van der Waals surface area contributed by atoms with E-state index >= 15 is 0 Å². The zero-order valence-electron chi connectivity index (χ0n) is 15.2. The molecular weight excluding hydrogens is 379 g/mol. The third-order valence-electron chi connectivity index (χ3n) is 4.25. The number of likely N-dealkylation sites (tertiary alicyclic amines) is 1. The number of alkyl halides is 3. The van der Waals surface area contributed by atoms with E-state index in [1.54, 1.807) is 11.8 Å². The predicted octanol–water partition coefficient (Wildman–Crippen LogP) is 3.14. The van der Waals surface area contributed by atoms with Gasteiger partial charge in [0.25, 0.3) is 5.91 Å². The van der Waals surface area contributed by atoms with Gasteiger partial charge in [0.2, 0.25) is 5.89 Å². The first-order valence-electron chi connectivity index (χ1n) is 8.86. The van der Waals surface area contributed by atoms with Crippen molar-refractivity contribution in [3.63, 3.8) is 0 Å². The maximum atomic E-state index is 12.6. The van der Waals surface area contributed by atoms with Crippen LogP contribution in [0.3, 0.4) is 0 Å². The summed E-state index contributed by atoms with van der Waals surface area (Å²) in [5.74, 6) is 0.458. The number of aromatic nitrogens is 2. The molecule has 10 heteroatoms. The van der Waals surface area contributed by atoms with Gasteiger partial charge in [-0.3, -0.25) is 4.79 Å². The number of carbonyl (C=O) groups excluding carboxylic acids is 1. The van der Waals surface area contributed by atoms with Crippen LogP contribution in [0.5, 0.6) is 5.75 Å². The third-order valence-corrected chi connectivity index (χ3v) is 4.25. The number of rotatable bonds is 6. The Hall–Kier alpha value is -2.62. The summed E-state index contributed by atoms with van der Waals surface area (Å²) in [7, 11) is 0. The van der Waals surface area contributed by atoms with Crippen LogP contribution in [0.4, 0.5) is 13.2 Å². The van der Waals surface area contributed by atoms with E-state index in [2.05, 4.69) is 14.9 Å². The van der Waals surface area contributed by atoms with Gasteiger partial charge in [0.15, 0.2) is 5.82 Å². The topological polar surface area (TPSA) is 77.7 Å². The molecule has 1 aromatic carbocycles. The highest BCUT2D eigenvalue weighted by molar-refractivity contribution is 5.94. The van der Waals surface area contributed by atoms with Gasteiger partial charge < -0.3 is 18.9 Å². The number of nitrogens with zero attached hydrogens (tertiary/aromatic N) is 3. The molecule has 152 valence electrons. The molecule has 0 radical (unpaired) electrons. The predicted molar refractivity (Wildman–Crippen MR) is 90.7 cm³/mol. The molecule has 7 nitrogen and oxygen atoms in total. The third kappa shape index (κ3) is 5.69. The van der Waals surface area contributed by atoms with E-state index in [9.17, 15) is 18.0 Å². The summed E-state index contributed by atoms with van der Waals surface area (Å²) in [5, 5.41) is 3.80. The van der Waals surface area contributed by atoms with E-state index in [0.717, 1.165) is 25.0 Å². The Bertz CT molecular complexity index is 792. The SMILES string of the molecule is Cc1nc(CCOC2CCCN(C(=O)c3ccc(OC(F)(F)F)cc3)C2)no1. The molecule has 0 bridgehead atoms. The Labute approximate surface area is 159 Å². The molecule has 0 saturated carbocycles. The number of carbonyl (C=O) groups is 1. The van der Waals surface area contributed by atoms with Crippen molar-refractivity contribution in [2.75, 3.05) is 19.7 Å². The molecule has 0 spiro atoms. The highest BCUT2D eigenvalue weighted by Gasteiger charge is 2.31. The van der Waals surface area contributed by atoms with Crippen molar-refractivity contribution in [1.29, 1.82) is 0 Å². The van der Waals surface area contributed by atoms with Crippen LogP contribution >= 0.6 is 0 Å². The second kappa shape index (κ2) is 8.59. The standard InChI is InChI=1S/C18H20F3N3O4/c1-12-22-16(23-28-12)8-10-26-15-3-2-9-24(11-15)17(25)13-4-6-14(7-5-13)27-18(19,20)21/h4-7,15H,2-3,8-11H2,1H3. The molecule has 1 amide bonds. The molecule has 1 unspecified atom stereocenters. The average molecular weight is 399 g/mol. The van der Waals surface area contributed by atoms with Gasteiger partial charge in [-0.1, -0.05) is 5.16 Å². The van der Waals surface area contributed by atoms with E-state index in [1.165, 1.54) is 12.1 Å². The summed E-state index contributed by atoms with van der Waals surface area (Å²) in [6, 6.07) is 4.91. The Morgan fingerprint density at radius 1 is 1.32 bits per heavy atom. The average Bonchev–Trinajstić information content (AvgIpc) is 3.06. The molecule has 2 heterocycles. The van der Waals surface area contributed by atoms with Crippen LogP contribution < -0.4 is 4.74 Å². The molecule has 1 aliphatic heterocycles. The quantitative estimate of drug-likeness (QED) is 0.743. The zero-order valence-corrected chi connectivity index (χ0v) is 15.2. The van der Waals surface area contributed by atoms with Crippen LogP contribution in [0.15, 0.2) is 28.8 Å². The molecule has 28 heavy (non-hydrogen) atoms. The van der Waals surface area contributed by atoms with Gasteiger partial charge in [0.1, 0.15) is 5.75 Å². The van der Waals surface area contributed by atoms with Crippen LogP contribution in [0.2, 0.25) is 0 Å². The van der Waals surface area contributed by atoms with Crippen molar-refractivity contribution in [3.05, 3.63) is 41.5 Å². The maximum Gasteiger partial charge on any atom is 0.573 e. The first kappa shape index (κ1) is 20.1. The zero-order chi connectivity index (χ0) is 20.1. The molecule has 1 saturated heterocycles. The van der Waals surface area contributed by atoms with Gasteiger partial charge in [-0.05, 0) is 37.1 Å². The lowest BCUT2D eigenvalue weighted by molar-refractivity contribution is -0.274. The molecule has 1 atom stereocenters. The van der Waals surface area contributed by atoms with E-state index in [0.29, 0.717) is 43.4 Å². The lowest BCUT2D eigenvalue weighted by atomic mass is 10.1. The molecule has 1 aliphatic rings. The molecule has 1 aromatic heterocycles. The van der Waals surface area contributed by atoms with Crippen LogP contribution in [-0.2, 0) is 11.2 Å². The summed E-state index contributed by atoms with van der Waals surface area (Å²) in [5.41, 5.74) is 0.303. The van der Waals surface area contributed by atoms with Gasteiger partial charge in [0, 0.05) is 32.0 Å². The fourth-order valence-corrected chi connectivity index (χ4v) is 3.00. The first-order chi connectivity index (χ1) is 13.3. The molecule has 2 aromatic rings. The number of benzene rings is 1. The minimum absolute atomic E-state index is 0.112. The summed E-state index contributed by atoms with van der Waals surface area (Å²) in [6.07, 6.45) is -2.75. The van der Waals surface area contributed by atoms with Crippen molar-refractivity contribution < 1.29 is 32.0 Å². The van der Waals surface area contributed by atoms with E-state index in [4.69, 9.17) is 9.26 Å². The maximum absolute atomic E-state index is 12.6. The Kier molecular flexibility index (Phi) is 6.18. The fourth-order valence-electron chi connectivity index (χ4n) is 3.00.